The van der Waals surface area contributed by atoms with Gasteiger partial charge in [0, 0.05) is 6.54 Å². The molecule has 1 fully saturated rings. The van der Waals surface area contributed by atoms with Gasteiger partial charge in [-0.15, -0.1) is 0 Å². The Bertz CT molecular complexity index is 434. The Morgan fingerprint density at radius 1 is 1.30 bits per heavy atom. The number of nitrogens with one attached hydrogen (secondary N) is 1. The second kappa shape index (κ2) is 7.59. The van der Waals surface area contributed by atoms with Crippen molar-refractivity contribution in [3.8, 4) is 0 Å². The van der Waals surface area contributed by atoms with Crippen LogP contribution in [0.5, 0.6) is 0 Å². The third-order valence-electron chi connectivity index (χ3n) is 3.38. The van der Waals surface area contributed by atoms with Gasteiger partial charge in [0.25, 0.3) is 0 Å². The SMILES string of the molecule is OCCOC[C@@]1(c2ccc(Cl)c(Cl)c2)CCNCCO1. The molecule has 112 valence electrons. The number of benzene rings is 1. The zero-order valence-electron chi connectivity index (χ0n) is 11.2. The molecule has 1 aliphatic heterocycles. The summed E-state index contributed by atoms with van der Waals surface area (Å²) >= 11 is 12.1. The number of ether oxygens (including phenoxy) is 2. The molecule has 4 nitrogen and oxygen atoms in total. The van der Waals surface area contributed by atoms with Gasteiger partial charge in [0.05, 0.1) is 36.5 Å². The molecule has 0 unspecified atom stereocenters. The van der Waals surface area contributed by atoms with Crippen LogP contribution in [0.25, 0.3) is 0 Å². The van der Waals surface area contributed by atoms with Gasteiger partial charge in [-0.05, 0) is 30.7 Å². The van der Waals surface area contributed by atoms with E-state index in [1.807, 2.05) is 12.1 Å². The minimum atomic E-state index is -0.549. The molecule has 20 heavy (non-hydrogen) atoms. The zero-order chi connectivity index (χ0) is 14.4. The fourth-order valence-electron chi connectivity index (χ4n) is 2.31. The molecule has 0 amide bonds. The highest BCUT2D eigenvalue weighted by Crippen LogP contribution is 2.34. The van der Waals surface area contributed by atoms with Gasteiger partial charge in [0.2, 0.25) is 0 Å². The van der Waals surface area contributed by atoms with Gasteiger partial charge in [-0.1, -0.05) is 29.3 Å². The number of aliphatic hydroxyl groups excluding tert-OH is 1. The summed E-state index contributed by atoms with van der Waals surface area (Å²) in [5.41, 5.74) is 0.404. The third kappa shape index (κ3) is 3.85. The zero-order valence-corrected chi connectivity index (χ0v) is 12.7. The molecule has 0 aromatic heterocycles. The van der Waals surface area contributed by atoms with Gasteiger partial charge in [0.15, 0.2) is 0 Å². The van der Waals surface area contributed by atoms with Crippen LogP contribution < -0.4 is 5.32 Å². The van der Waals surface area contributed by atoms with E-state index >= 15 is 0 Å². The Labute approximate surface area is 129 Å². The van der Waals surface area contributed by atoms with Gasteiger partial charge in [-0.3, -0.25) is 0 Å². The molecular formula is C14H19Cl2NO3. The van der Waals surface area contributed by atoms with Crippen molar-refractivity contribution in [2.45, 2.75) is 12.0 Å². The summed E-state index contributed by atoms with van der Waals surface area (Å²) < 4.78 is 11.6. The Kier molecular flexibility index (Phi) is 6.08. The van der Waals surface area contributed by atoms with E-state index in [1.54, 1.807) is 6.07 Å². The summed E-state index contributed by atoms with van der Waals surface area (Å²) in [5, 5.41) is 13.2. The van der Waals surface area contributed by atoms with E-state index in [4.69, 9.17) is 37.8 Å². The average Bonchev–Trinajstić information content (AvgIpc) is 2.69. The molecule has 1 aromatic carbocycles. The Hall–Kier alpha value is -0.360. The van der Waals surface area contributed by atoms with Crippen molar-refractivity contribution in [2.75, 3.05) is 39.5 Å². The van der Waals surface area contributed by atoms with Crippen molar-refractivity contribution in [1.29, 1.82) is 0 Å². The number of halogens is 2. The lowest BCUT2D eigenvalue weighted by Crippen LogP contribution is -2.36. The van der Waals surface area contributed by atoms with E-state index in [2.05, 4.69) is 5.32 Å². The molecule has 6 heteroatoms. The first kappa shape index (κ1) is 16.0. The van der Waals surface area contributed by atoms with Crippen LogP contribution in [0, 0.1) is 0 Å². The first-order valence-corrected chi connectivity index (χ1v) is 7.42. The van der Waals surface area contributed by atoms with E-state index in [0.717, 1.165) is 25.1 Å². The molecule has 0 spiro atoms. The highest BCUT2D eigenvalue weighted by Gasteiger charge is 2.35. The molecule has 1 aromatic rings. The van der Waals surface area contributed by atoms with Crippen molar-refractivity contribution in [2.24, 2.45) is 0 Å². The largest absolute Gasteiger partial charge is 0.394 e. The number of aliphatic hydroxyl groups is 1. The van der Waals surface area contributed by atoms with Crippen LogP contribution in [0.4, 0.5) is 0 Å². The van der Waals surface area contributed by atoms with Crippen LogP contribution in [0.2, 0.25) is 10.0 Å². The molecule has 2 N–H and O–H groups in total. The predicted octanol–water partition coefficient (Wildman–Crippen LogP) is 2.21. The van der Waals surface area contributed by atoms with Gasteiger partial charge in [-0.2, -0.15) is 0 Å². The molecule has 1 saturated heterocycles. The molecule has 0 saturated carbocycles. The van der Waals surface area contributed by atoms with Crippen molar-refractivity contribution >= 4 is 23.2 Å². The average molecular weight is 320 g/mol. The maximum atomic E-state index is 8.87. The Morgan fingerprint density at radius 3 is 2.90 bits per heavy atom. The second-order valence-electron chi connectivity index (χ2n) is 4.75. The minimum absolute atomic E-state index is 0.00426. The number of hydrogen-bond acceptors (Lipinski definition) is 4. The first-order valence-electron chi connectivity index (χ1n) is 6.67. The van der Waals surface area contributed by atoms with E-state index < -0.39 is 5.60 Å². The van der Waals surface area contributed by atoms with Crippen molar-refractivity contribution in [1.82, 2.24) is 5.32 Å². The third-order valence-corrected chi connectivity index (χ3v) is 4.12. The number of hydrogen-bond donors (Lipinski definition) is 2. The second-order valence-corrected chi connectivity index (χ2v) is 5.56. The Morgan fingerprint density at radius 2 is 2.15 bits per heavy atom. The van der Waals surface area contributed by atoms with Crippen LogP contribution in [-0.4, -0.2) is 44.6 Å². The standard InChI is InChI=1S/C14H19Cl2NO3/c15-12-2-1-11(9-13(12)16)14(10-19-8-6-18)3-4-17-5-7-20-14/h1-2,9,17-18H,3-8,10H2/t14-/m1/s1. The highest BCUT2D eigenvalue weighted by atomic mass is 35.5. The van der Waals surface area contributed by atoms with Crippen molar-refractivity contribution in [3.63, 3.8) is 0 Å². The van der Waals surface area contributed by atoms with Crippen LogP contribution in [0.15, 0.2) is 18.2 Å². The van der Waals surface area contributed by atoms with Gasteiger partial charge in [0.1, 0.15) is 5.60 Å². The lowest BCUT2D eigenvalue weighted by atomic mass is 9.91. The van der Waals surface area contributed by atoms with Crippen molar-refractivity contribution in [3.05, 3.63) is 33.8 Å². The molecule has 0 bridgehead atoms. The lowest BCUT2D eigenvalue weighted by Gasteiger charge is -2.33. The summed E-state index contributed by atoms with van der Waals surface area (Å²) in [7, 11) is 0. The summed E-state index contributed by atoms with van der Waals surface area (Å²) in [4.78, 5) is 0. The fraction of sp³-hybridized carbons (Fsp3) is 0.571. The van der Waals surface area contributed by atoms with Crippen LogP contribution in [0.3, 0.4) is 0 Å². The maximum Gasteiger partial charge on any atom is 0.118 e. The summed E-state index contributed by atoms with van der Waals surface area (Å²) in [6.07, 6.45) is 0.774. The maximum absolute atomic E-state index is 8.87. The molecule has 0 radical (unpaired) electrons. The summed E-state index contributed by atoms with van der Waals surface area (Å²) in [5.74, 6) is 0. The van der Waals surface area contributed by atoms with Gasteiger partial charge < -0.3 is 19.9 Å². The monoisotopic (exact) mass is 319 g/mol. The summed E-state index contributed by atoms with van der Waals surface area (Å²) in [6, 6.07) is 5.52. The van der Waals surface area contributed by atoms with Gasteiger partial charge in [-0.25, -0.2) is 0 Å². The lowest BCUT2D eigenvalue weighted by molar-refractivity contribution is -0.102. The smallest absolute Gasteiger partial charge is 0.118 e. The molecule has 1 atom stereocenters. The molecular weight excluding hydrogens is 301 g/mol. The van der Waals surface area contributed by atoms with E-state index in [0.29, 0.717) is 29.9 Å². The van der Waals surface area contributed by atoms with Gasteiger partial charge >= 0.3 is 0 Å². The molecule has 1 heterocycles. The predicted molar refractivity (Wildman–Crippen MR) is 79.5 cm³/mol. The van der Waals surface area contributed by atoms with Crippen LogP contribution in [0.1, 0.15) is 12.0 Å². The molecule has 0 aliphatic carbocycles. The van der Waals surface area contributed by atoms with E-state index in [1.165, 1.54) is 0 Å². The van der Waals surface area contributed by atoms with Crippen molar-refractivity contribution < 1.29 is 14.6 Å². The molecule has 1 aliphatic rings. The van der Waals surface area contributed by atoms with Crippen LogP contribution >= 0.6 is 23.2 Å². The first-order chi connectivity index (χ1) is 9.68. The van der Waals surface area contributed by atoms with E-state index in [-0.39, 0.29) is 6.61 Å². The minimum Gasteiger partial charge on any atom is -0.394 e. The topological polar surface area (TPSA) is 50.7 Å². The Balaban J connectivity index is 2.25. The summed E-state index contributed by atoms with van der Waals surface area (Å²) in [6.45, 7) is 2.91. The normalized spacial score (nSPS) is 23.6. The molecule has 2 rings (SSSR count). The number of rotatable bonds is 5. The fourth-order valence-corrected chi connectivity index (χ4v) is 2.61. The van der Waals surface area contributed by atoms with E-state index in [9.17, 15) is 0 Å². The quantitative estimate of drug-likeness (QED) is 0.817. The van der Waals surface area contributed by atoms with Crippen LogP contribution in [-0.2, 0) is 15.1 Å². The highest BCUT2D eigenvalue weighted by molar-refractivity contribution is 6.42.